The predicted octanol–water partition coefficient (Wildman–Crippen LogP) is 6.39. The maximum atomic E-state index is 12.6. The van der Waals surface area contributed by atoms with Gasteiger partial charge < -0.3 is 9.80 Å². The van der Waals surface area contributed by atoms with E-state index in [1.54, 1.807) is 54.6 Å². The molecule has 2 nitrogen and oxygen atoms in total. The van der Waals surface area contributed by atoms with Crippen molar-refractivity contribution in [3.8, 4) is 0 Å². The van der Waals surface area contributed by atoms with Crippen molar-refractivity contribution in [3.05, 3.63) is 72.3 Å². The molecular formula is C22H24F6N2. The molecule has 0 N–H and O–H groups in total. The summed E-state index contributed by atoms with van der Waals surface area (Å²) >= 11 is 0. The monoisotopic (exact) mass is 430 g/mol. The second-order valence-corrected chi connectivity index (χ2v) is 7.20. The van der Waals surface area contributed by atoms with Crippen LogP contribution in [0.2, 0.25) is 0 Å². The van der Waals surface area contributed by atoms with Gasteiger partial charge in [0.25, 0.3) is 0 Å². The van der Waals surface area contributed by atoms with Gasteiger partial charge in [-0.25, -0.2) is 0 Å². The van der Waals surface area contributed by atoms with E-state index in [9.17, 15) is 26.3 Å². The number of anilines is 2. The van der Waals surface area contributed by atoms with Crippen molar-refractivity contribution in [3.63, 3.8) is 0 Å². The first-order valence-corrected chi connectivity index (χ1v) is 9.26. The highest BCUT2D eigenvalue weighted by atomic mass is 19.4. The first-order chi connectivity index (χ1) is 13.9. The quantitative estimate of drug-likeness (QED) is 0.354. The normalized spacial score (nSPS) is 12.2. The van der Waals surface area contributed by atoms with Gasteiger partial charge in [-0.1, -0.05) is 30.3 Å². The second kappa shape index (κ2) is 9.45. The maximum Gasteiger partial charge on any atom is 0.405 e. The third-order valence-corrected chi connectivity index (χ3v) is 4.71. The van der Waals surface area contributed by atoms with Crippen molar-refractivity contribution >= 4 is 11.4 Å². The van der Waals surface area contributed by atoms with Gasteiger partial charge >= 0.3 is 12.4 Å². The summed E-state index contributed by atoms with van der Waals surface area (Å²) < 4.78 is 75.5. The fraction of sp³-hybridized carbons (Fsp3) is 0.364. The lowest BCUT2D eigenvalue weighted by molar-refractivity contribution is -0.120. The highest BCUT2D eigenvalue weighted by Crippen LogP contribution is 2.32. The summed E-state index contributed by atoms with van der Waals surface area (Å²) in [6.45, 7) is 1.66. The summed E-state index contributed by atoms with van der Waals surface area (Å²) in [5, 5.41) is 0. The fourth-order valence-corrected chi connectivity index (χ4v) is 3.27. The van der Waals surface area contributed by atoms with E-state index in [0.29, 0.717) is 17.8 Å². The van der Waals surface area contributed by atoms with E-state index in [4.69, 9.17) is 0 Å². The molecule has 30 heavy (non-hydrogen) atoms. The van der Waals surface area contributed by atoms with Crippen LogP contribution in [0.5, 0.6) is 0 Å². The van der Waals surface area contributed by atoms with Gasteiger partial charge in [-0.05, 0) is 41.8 Å². The largest absolute Gasteiger partial charge is 0.405 e. The molecule has 0 unspecified atom stereocenters. The van der Waals surface area contributed by atoms with Crippen LogP contribution >= 0.6 is 0 Å². The molecule has 0 aliphatic heterocycles. The van der Waals surface area contributed by atoms with Gasteiger partial charge in [0.2, 0.25) is 0 Å². The topological polar surface area (TPSA) is 6.48 Å². The van der Waals surface area contributed by atoms with E-state index in [1.807, 2.05) is 0 Å². The lowest BCUT2D eigenvalue weighted by Gasteiger charge is -2.23. The summed E-state index contributed by atoms with van der Waals surface area (Å²) in [5.41, 5.74) is 2.65. The number of rotatable bonds is 8. The predicted molar refractivity (Wildman–Crippen MR) is 108 cm³/mol. The number of benzene rings is 2. The van der Waals surface area contributed by atoms with Gasteiger partial charge in [0.15, 0.2) is 0 Å². The van der Waals surface area contributed by atoms with Crippen molar-refractivity contribution in [2.45, 2.75) is 24.7 Å². The summed E-state index contributed by atoms with van der Waals surface area (Å²) in [6, 6.07) is 13.6. The summed E-state index contributed by atoms with van der Waals surface area (Å²) in [7, 11) is 2.75. The zero-order chi connectivity index (χ0) is 22.5. The molecule has 2 aromatic carbocycles. The molecular weight excluding hydrogens is 406 g/mol. The Morgan fingerprint density at radius 1 is 0.733 bits per heavy atom. The van der Waals surface area contributed by atoms with Gasteiger partial charge in [-0.15, -0.1) is 6.58 Å². The molecule has 0 bridgehead atoms. The molecule has 0 aliphatic rings. The van der Waals surface area contributed by atoms with Gasteiger partial charge in [-0.2, -0.15) is 26.3 Å². The lowest BCUT2D eigenvalue weighted by atomic mass is 9.88. The van der Waals surface area contributed by atoms with Crippen LogP contribution in [0.4, 0.5) is 37.7 Å². The minimum Gasteiger partial charge on any atom is -0.366 e. The molecule has 0 saturated heterocycles. The molecule has 164 valence electrons. The molecule has 0 saturated carbocycles. The van der Waals surface area contributed by atoms with Crippen LogP contribution in [-0.4, -0.2) is 39.5 Å². The van der Waals surface area contributed by atoms with Crippen molar-refractivity contribution in [1.82, 2.24) is 0 Å². The van der Waals surface area contributed by atoms with Gasteiger partial charge in [0, 0.05) is 31.4 Å². The molecule has 0 radical (unpaired) electrons. The Morgan fingerprint density at radius 3 is 1.33 bits per heavy atom. The highest BCUT2D eigenvalue weighted by molar-refractivity contribution is 5.51. The van der Waals surface area contributed by atoms with Crippen molar-refractivity contribution in [1.29, 1.82) is 0 Å². The first kappa shape index (κ1) is 23.6. The number of allylic oxidation sites excluding steroid dienone is 1. The summed E-state index contributed by atoms with van der Waals surface area (Å²) in [5.74, 6) is -0.105. The Hall–Kier alpha value is -2.64. The molecule has 0 heterocycles. The molecule has 0 atom stereocenters. The fourth-order valence-electron chi connectivity index (χ4n) is 3.27. The standard InChI is InChI=1S/C22H24F6N2/c1-4-5-20(16-6-10-18(11-7-16)29(2)14-21(23,24)25)17-8-12-19(13-9-17)30(3)15-22(26,27)28/h4,6-13,20H,1,5,14-15H2,2-3H3. The van der Waals surface area contributed by atoms with Crippen LogP contribution < -0.4 is 9.80 Å². The SMILES string of the molecule is C=CCC(c1ccc(N(C)CC(F)(F)F)cc1)c1ccc(N(C)CC(F)(F)F)cc1. The Labute approximate surface area is 172 Å². The third-order valence-electron chi connectivity index (χ3n) is 4.71. The molecule has 0 aromatic heterocycles. The van der Waals surface area contributed by atoms with Gasteiger partial charge in [0.1, 0.15) is 13.1 Å². The van der Waals surface area contributed by atoms with E-state index >= 15 is 0 Å². The number of hydrogen-bond donors (Lipinski definition) is 0. The van der Waals surface area contributed by atoms with Crippen LogP contribution in [0.15, 0.2) is 61.2 Å². The van der Waals surface area contributed by atoms with E-state index in [-0.39, 0.29) is 5.92 Å². The van der Waals surface area contributed by atoms with Crippen LogP contribution in [0.25, 0.3) is 0 Å². The Morgan fingerprint density at radius 2 is 1.07 bits per heavy atom. The Bertz CT molecular complexity index is 744. The number of hydrogen-bond acceptors (Lipinski definition) is 2. The van der Waals surface area contributed by atoms with Crippen LogP contribution in [0.3, 0.4) is 0 Å². The van der Waals surface area contributed by atoms with Crippen LogP contribution in [0.1, 0.15) is 23.5 Å². The summed E-state index contributed by atoms with van der Waals surface area (Å²) in [4.78, 5) is 2.25. The van der Waals surface area contributed by atoms with Crippen LogP contribution in [0, 0.1) is 0 Å². The average Bonchev–Trinajstić information content (AvgIpc) is 2.64. The average molecular weight is 430 g/mol. The first-order valence-electron chi connectivity index (χ1n) is 9.26. The second-order valence-electron chi connectivity index (χ2n) is 7.20. The van der Waals surface area contributed by atoms with E-state index in [1.165, 1.54) is 14.1 Å². The molecule has 2 aromatic rings. The number of alkyl halides is 6. The van der Waals surface area contributed by atoms with Crippen molar-refractivity contribution < 1.29 is 26.3 Å². The van der Waals surface area contributed by atoms with Crippen molar-refractivity contribution in [2.24, 2.45) is 0 Å². The van der Waals surface area contributed by atoms with E-state index in [2.05, 4.69) is 6.58 Å². The molecule has 0 amide bonds. The molecule has 2 rings (SSSR count). The highest BCUT2D eigenvalue weighted by Gasteiger charge is 2.30. The molecule has 0 spiro atoms. The zero-order valence-electron chi connectivity index (χ0n) is 16.8. The van der Waals surface area contributed by atoms with E-state index in [0.717, 1.165) is 20.9 Å². The lowest BCUT2D eigenvalue weighted by Crippen LogP contribution is -2.30. The summed E-state index contributed by atoms with van der Waals surface area (Å²) in [6.07, 6.45) is -6.27. The molecule has 0 fully saturated rings. The third kappa shape index (κ3) is 7.00. The Balaban J connectivity index is 2.20. The number of halogens is 6. The Kier molecular flexibility index (Phi) is 7.44. The number of nitrogens with zero attached hydrogens (tertiary/aromatic N) is 2. The van der Waals surface area contributed by atoms with E-state index < -0.39 is 25.4 Å². The van der Waals surface area contributed by atoms with Gasteiger partial charge in [0.05, 0.1) is 0 Å². The van der Waals surface area contributed by atoms with Gasteiger partial charge in [-0.3, -0.25) is 0 Å². The minimum absolute atomic E-state index is 0.105. The smallest absolute Gasteiger partial charge is 0.366 e. The van der Waals surface area contributed by atoms with Crippen LogP contribution in [-0.2, 0) is 0 Å². The zero-order valence-corrected chi connectivity index (χ0v) is 16.8. The molecule has 8 heteroatoms. The minimum atomic E-state index is -4.29. The van der Waals surface area contributed by atoms with Crippen molar-refractivity contribution in [2.75, 3.05) is 37.0 Å². The maximum absolute atomic E-state index is 12.6. The molecule has 0 aliphatic carbocycles.